The molecule has 0 aliphatic carbocycles. The van der Waals surface area contributed by atoms with Gasteiger partial charge in [-0.25, -0.2) is 0 Å². The molecule has 0 aliphatic rings. The lowest BCUT2D eigenvalue weighted by atomic mass is 10.1. The van der Waals surface area contributed by atoms with Crippen molar-refractivity contribution in [2.75, 3.05) is 6.61 Å². The van der Waals surface area contributed by atoms with Crippen molar-refractivity contribution in [3.05, 3.63) is 42.5 Å². The third-order valence-electron chi connectivity index (χ3n) is 2.21. The fraction of sp³-hybridized carbons (Fsp3) is 0.231. The van der Waals surface area contributed by atoms with Gasteiger partial charge in [0.05, 0.1) is 5.56 Å². The van der Waals surface area contributed by atoms with Crippen LogP contribution in [0.5, 0.6) is 5.75 Å². The molecule has 0 heterocycles. The standard InChI is InChI=1S/C13H15NO4/c1-3-8-18-11-7-5-4-6-10(11)12(15)14-9(2)13(16)17/h3-7,9H,1,8H2,2H3,(H,14,15)(H,16,17). The largest absolute Gasteiger partial charge is 0.489 e. The number of ether oxygens (including phenoxy) is 1. The smallest absolute Gasteiger partial charge is 0.325 e. The summed E-state index contributed by atoms with van der Waals surface area (Å²) < 4.78 is 5.32. The number of amides is 1. The molecule has 0 saturated carbocycles. The van der Waals surface area contributed by atoms with Crippen molar-refractivity contribution < 1.29 is 19.4 Å². The van der Waals surface area contributed by atoms with Crippen LogP contribution in [0, 0.1) is 0 Å². The molecule has 1 rings (SSSR count). The van der Waals surface area contributed by atoms with Crippen LogP contribution in [0.4, 0.5) is 0 Å². The van der Waals surface area contributed by atoms with E-state index in [2.05, 4.69) is 11.9 Å². The molecule has 96 valence electrons. The number of carbonyl (C=O) groups excluding carboxylic acids is 1. The van der Waals surface area contributed by atoms with Crippen LogP contribution in [0.3, 0.4) is 0 Å². The lowest BCUT2D eigenvalue weighted by Crippen LogP contribution is -2.38. The van der Waals surface area contributed by atoms with Gasteiger partial charge in [0.1, 0.15) is 18.4 Å². The molecule has 2 N–H and O–H groups in total. The first-order chi connectivity index (χ1) is 8.56. The number of aliphatic carboxylic acids is 1. The zero-order valence-electron chi connectivity index (χ0n) is 10.1. The number of hydrogen-bond donors (Lipinski definition) is 2. The fourth-order valence-electron chi connectivity index (χ4n) is 1.26. The van der Waals surface area contributed by atoms with Crippen LogP contribution < -0.4 is 10.1 Å². The molecule has 5 nitrogen and oxygen atoms in total. The molecular weight excluding hydrogens is 234 g/mol. The number of rotatable bonds is 6. The minimum absolute atomic E-state index is 0.277. The third kappa shape index (κ3) is 3.62. The number of nitrogens with one attached hydrogen (secondary N) is 1. The minimum Gasteiger partial charge on any atom is -0.489 e. The van der Waals surface area contributed by atoms with E-state index in [9.17, 15) is 9.59 Å². The third-order valence-corrected chi connectivity index (χ3v) is 2.21. The van der Waals surface area contributed by atoms with Crippen molar-refractivity contribution >= 4 is 11.9 Å². The summed E-state index contributed by atoms with van der Waals surface area (Å²) in [6, 6.07) is 5.67. The van der Waals surface area contributed by atoms with E-state index in [1.165, 1.54) is 6.92 Å². The van der Waals surface area contributed by atoms with E-state index in [0.29, 0.717) is 11.3 Å². The fourth-order valence-corrected chi connectivity index (χ4v) is 1.26. The van der Waals surface area contributed by atoms with Crippen LogP contribution in [0.2, 0.25) is 0 Å². The van der Waals surface area contributed by atoms with Crippen molar-refractivity contribution in [3.63, 3.8) is 0 Å². The minimum atomic E-state index is -1.09. The number of benzene rings is 1. The average molecular weight is 249 g/mol. The molecule has 18 heavy (non-hydrogen) atoms. The summed E-state index contributed by atoms with van der Waals surface area (Å²) in [6.07, 6.45) is 1.56. The van der Waals surface area contributed by atoms with Gasteiger partial charge in [-0.15, -0.1) is 0 Å². The van der Waals surface area contributed by atoms with Crippen molar-refractivity contribution in [2.45, 2.75) is 13.0 Å². The number of carbonyl (C=O) groups is 2. The van der Waals surface area contributed by atoms with Crippen LogP contribution in [-0.4, -0.2) is 29.6 Å². The van der Waals surface area contributed by atoms with E-state index < -0.39 is 17.9 Å². The second-order valence-corrected chi connectivity index (χ2v) is 3.63. The Labute approximate surface area is 105 Å². The lowest BCUT2D eigenvalue weighted by molar-refractivity contribution is -0.138. The van der Waals surface area contributed by atoms with Gasteiger partial charge < -0.3 is 15.2 Å². The number of carboxylic acid groups (broad SMARTS) is 1. The number of para-hydroxylation sites is 1. The first kappa shape index (κ1) is 13.8. The molecule has 0 fully saturated rings. The molecule has 5 heteroatoms. The molecule has 1 unspecified atom stereocenters. The highest BCUT2D eigenvalue weighted by atomic mass is 16.5. The molecule has 0 aliphatic heterocycles. The van der Waals surface area contributed by atoms with Crippen molar-refractivity contribution in [2.24, 2.45) is 0 Å². The zero-order chi connectivity index (χ0) is 13.5. The molecule has 1 aromatic rings. The lowest BCUT2D eigenvalue weighted by Gasteiger charge is -2.12. The van der Waals surface area contributed by atoms with Crippen molar-refractivity contribution in [1.82, 2.24) is 5.32 Å². The Kier molecular flexibility index (Phi) is 4.92. The Morgan fingerprint density at radius 1 is 1.50 bits per heavy atom. The van der Waals surface area contributed by atoms with E-state index in [1.807, 2.05) is 0 Å². The van der Waals surface area contributed by atoms with Crippen molar-refractivity contribution in [1.29, 1.82) is 0 Å². The topological polar surface area (TPSA) is 75.6 Å². The van der Waals surface area contributed by atoms with Gasteiger partial charge in [-0.3, -0.25) is 9.59 Å². The average Bonchev–Trinajstić information content (AvgIpc) is 2.36. The molecule has 0 radical (unpaired) electrons. The summed E-state index contributed by atoms with van der Waals surface area (Å²) in [5.41, 5.74) is 0.299. The highest BCUT2D eigenvalue weighted by molar-refractivity contribution is 5.98. The Morgan fingerprint density at radius 2 is 2.17 bits per heavy atom. The maximum Gasteiger partial charge on any atom is 0.325 e. The summed E-state index contributed by atoms with van der Waals surface area (Å²) in [6.45, 7) is 5.19. The maximum atomic E-state index is 11.9. The molecule has 1 aromatic carbocycles. The summed E-state index contributed by atoms with van der Waals surface area (Å²) in [7, 11) is 0. The first-order valence-corrected chi connectivity index (χ1v) is 5.42. The Bertz CT molecular complexity index is 456. The van der Waals surface area contributed by atoms with Gasteiger partial charge >= 0.3 is 5.97 Å². The quantitative estimate of drug-likeness (QED) is 0.748. The molecule has 0 aromatic heterocycles. The Morgan fingerprint density at radius 3 is 2.78 bits per heavy atom. The van der Waals surface area contributed by atoms with Gasteiger partial charge in [0, 0.05) is 0 Å². The Balaban J connectivity index is 2.84. The second-order valence-electron chi connectivity index (χ2n) is 3.63. The normalized spacial score (nSPS) is 11.4. The van der Waals surface area contributed by atoms with E-state index >= 15 is 0 Å². The summed E-state index contributed by atoms with van der Waals surface area (Å²) in [5.74, 6) is -1.18. The molecule has 0 saturated heterocycles. The van der Waals surface area contributed by atoms with E-state index in [0.717, 1.165) is 0 Å². The zero-order valence-corrected chi connectivity index (χ0v) is 10.1. The van der Waals surface area contributed by atoms with Crippen LogP contribution in [0.1, 0.15) is 17.3 Å². The second kappa shape index (κ2) is 6.44. The number of hydrogen-bond acceptors (Lipinski definition) is 3. The Hall–Kier alpha value is -2.30. The van der Waals surface area contributed by atoms with Crippen LogP contribution in [0.15, 0.2) is 36.9 Å². The monoisotopic (exact) mass is 249 g/mol. The molecule has 0 bridgehead atoms. The molecule has 1 atom stereocenters. The van der Waals surface area contributed by atoms with Gasteiger partial charge in [-0.2, -0.15) is 0 Å². The predicted octanol–water partition coefficient (Wildman–Crippen LogP) is 1.45. The molecular formula is C13H15NO4. The summed E-state index contributed by atoms with van der Waals surface area (Å²) in [5, 5.41) is 11.1. The first-order valence-electron chi connectivity index (χ1n) is 5.42. The summed E-state index contributed by atoms with van der Waals surface area (Å²) >= 11 is 0. The van der Waals surface area contributed by atoms with Crippen molar-refractivity contribution in [3.8, 4) is 5.75 Å². The highest BCUT2D eigenvalue weighted by Gasteiger charge is 2.17. The SMILES string of the molecule is C=CCOc1ccccc1C(=O)NC(C)C(=O)O. The van der Waals surface area contributed by atoms with E-state index in [4.69, 9.17) is 9.84 Å². The van der Waals surface area contributed by atoms with Gasteiger partial charge in [0.2, 0.25) is 0 Å². The maximum absolute atomic E-state index is 11.9. The van der Waals surface area contributed by atoms with Gasteiger partial charge in [-0.05, 0) is 19.1 Å². The van der Waals surface area contributed by atoms with Crippen LogP contribution in [-0.2, 0) is 4.79 Å². The van der Waals surface area contributed by atoms with E-state index in [1.54, 1.807) is 30.3 Å². The van der Waals surface area contributed by atoms with Crippen LogP contribution in [0.25, 0.3) is 0 Å². The van der Waals surface area contributed by atoms with Gasteiger partial charge in [0.15, 0.2) is 0 Å². The van der Waals surface area contributed by atoms with E-state index in [-0.39, 0.29) is 6.61 Å². The molecule has 0 spiro atoms. The molecule has 1 amide bonds. The highest BCUT2D eigenvalue weighted by Crippen LogP contribution is 2.17. The van der Waals surface area contributed by atoms with Crippen LogP contribution >= 0.6 is 0 Å². The predicted molar refractivity (Wildman–Crippen MR) is 66.7 cm³/mol. The van der Waals surface area contributed by atoms with Gasteiger partial charge in [-0.1, -0.05) is 24.8 Å². The summed E-state index contributed by atoms with van der Waals surface area (Å²) in [4.78, 5) is 22.5. The van der Waals surface area contributed by atoms with Gasteiger partial charge in [0.25, 0.3) is 5.91 Å². The number of carboxylic acids is 1.